The largest absolute Gasteiger partial charge is 0.480 e. The first kappa shape index (κ1) is 14.7. The number of aliphatic carboxylic acids is 1. The number of hydrogen-bond donors (Lipinski definition) is 3. The minimum atomic E-state index is -1.03. The van der Waals surface area contributed by atoms with E-state index >= 15 is 0 Å². The fraction of sp³-hybridized carbons (Fsp3) is 0.125. The highest BCUT2D eigenvalue weighted by Gasteiger charge is 2.12. The number of rotatable bonds is 5. The molecule has 2 aromatic rings. The first-order chi connectivity index (χ1) is 10.1. The van der Waals surface area contributed by atoms with Gasteiger partial charge in [0.1, 0.15) is 6.04 Å². The molecule has 21 heavy (non-hydrogen) atoms. The number of anilines is 1. The zero-order valence-electron chi connectivity index (χ0n) is 11.3. The van der Waals surface area contributed by atoms with Crippen LogP contribution in [0.5, 0.6) is 0 Å². The topological polar surface area (TPSA) is 92.4 Å². The molecule has 0 aliphatic carbocycles. The van der Waals surface area contributed by atoms with E-state index in [1.54, 1.807) is 48.5 Å². The number of carbonyl (C=O) groups excluding carboxylic acids is 1. The van der Waals surface area contributed by atoms with Gasteiger partial charge < -0.3 is 16.2 Å². The summed E-state index contributed by atoms with van der Waals surface area (Å²) in [7, 11) is 0. The van der Waals surface area contributed by atoms with E-state index in [0.29, 0.717) is 11.3 Å². The summed E-state index contributed by atoms with van der Waals surface area (Å²) >= 11 is 0. The van der Waals surface area contributed by atoms with Crippen LogP contribution in [0, 0.1) is 0 Å². The van der Waals surface area contributed by atoms with Gasteiger partial charge in [-0.2, -0.15) is 0 Å². The molecule has 2 rings (SSSR count). The van der Waals surface area contributed by atoms with Gasteiger partial charge >= 0.3 is 5.97 Å². The van der Waals surface area contributed by atoms with Gasteiger partial charge in [-0.15, -0.1) is 0 Å². The van der Waals surface area contributed by atoms with Crippen LogP contribution in [0.4, 0.5) is 5.69 Å². The molecule has 0 bridgehead atoms. The van der Waals surface area contributed by atoms with Crippen LogP contribution in [0.1, 0.15) is 15.9 Å². The van der Waals surface area contributed by atoms with Gasteiger partial charge in [0.2, 0.25) is 0 Å². The van der Waals surface area contributed by atoms with E-state index in [9.17, 15) is 9.59 Å². The summed E-state index contributed by atoms with van der Waals surface area (Å²) in [6.07, 6.45) is 0.252. The van der Waals surface area contributed by atoms with E-state index in [4.69, 9.17) is 10.8 Å². The Bertz CT molecular complexity index is 624. The molecule has 0 heterocycles. The van der Waals surface area contributed by atoms with E-state index in [1.165, 1.54) is 0 Å². The second-order valence-electron chi connectivity index (χ2n) is 4.67. The zero-order valence-corrected chi connectivity index (χ0v) is 11.3. The van der Waals surface area contributed by atoms with Gasteiger partial charge in [0, 0.05) is 11.3 Å². The van der Waals surface area contributed by atoms with Gasteiger partial charge in [0.05, 0.1) is 0 Å². The highest BCUT2D eigenvalue weighted by atomic mass is 16.4. The van der Waals surface area contributed by atoms with Gasteiger partial charge in [-0.25, -0.2) is 0 Å². The Kier molecular flexibility index (Phi) is 4.68. The normalized spacial score (nSPS) is 11.7. The molecule has 1 atom stereocenters. The smallest absolute Gasteiger partial charge is 0.320 e. The third kappa shape index (κ3) is 4.15. The summed E-state index contributed by atoms with van der Waals surface area (Å²) in [6, 6.07) is 14.9. The quantitative estimate of drug-likeness (QED) is 0.781. The van der Waals surface area contributed by atoms with Crippen LogP contribution >= 0.6 is 0 Å². The molecule has 5 heteroatoms. The Hall–Kier alpha value is -2.66. The molecule has 0 aliphatic rings. The Labute approximate surface area is 122 Å². The van der Waals surface area contributed by atoms with Crippen molar-refractivity contribution in [3.63, 3.8) is 0 Å². The van der Waals surface area contributed by atoms with Crippen molar-refractivity contribution >= 4 is 17.6 Å². The third-order valence-corrected chi connectivity index (χ3v) is 3.02. The van der Waals surface area contributed by atoms with Crippen LogP contribution in [0.15, 0.2) is 54.6 Å². The predicted molar refractivity (Wildman–Crippen MR) is 80.2 cm³/mol. The third-order valence-electron chi connectivity index (χ3n) is 3.02. The summed E-state index contributed by atoms with van der Waals surface area (Å²) in [4.78, 5) is 22.6. The van der Waals surface area contributed by atoms with Gasteiger partial charge in [-0.05, 0) is 36.2 Å². The van der Waals surface area contributed by atoms with Gasteiger partial charge in [0.25, 0.3) is 5.91 Å². The molecule has 108 valence electrons. The summed E-state index contributed by atoms with van der Waals surface area (Å²) < 4.78 is 0. The fourth-order valence-electron chi connectivity index (χ4n) is 1.86. The van der Waals surface area contributed by atoms with Crippen LogP contribution in [-0.2, 0) is 11.2 Å². The molecule has 0 saturated carbocycles. The average molecular weight is 284 g/mol. The van der Waals surface area contributed by atoms with Crippen molar-refractivity contribution in [2.24, 2.45) is 5.73 Å². The summed E-state index contributed by atoms with van der Waals surface area (Å²) in [5, 5.41) is 11.5. The van der Waals surface area contributed by atoms with Crippen LogP contribution in [0.3, 0.4) is 0 Å². The van der Waals surface area contributed by atoms with E-state index in [1.807, 2.05) is 6.07 Å². The molecule has 0 fully saturated rings. The number of benzene rings is 2. The molecular formula is C16H16N2O3. The minimum Gasteiger partial charge on any atom is -0.480 e. The average Bonchev–Trinajstić information content (AvgIpc) is 2.50. The zero-order chi connectivity index (χ0) is 15.2. The van der Waals surface area contributed by atoms with Crippen molar-refractivity contribution in [1.82, 2.24) is 0 Å². The summed E-state index contributed by atoms with van der Waals surface area (Å²) in [5.41, 5.74) is 7.51. The van der Waals surface area contributed by atoms with Gasteiger partial charge in [-0.3, -0.25) is 9.59 Å². The molecule has 0 radical (unpaired) electrons. The molecule has 0 aliphatic heterocycles. The molecule has 0 spiro atoms. The monoisotopic (exact) mass is 284 g/mol. The molecule has 0 saturated heterocycles. The lowest BCUT2D eigenvalue weighted by Crippen LogP contribution is -2.32. The van der Waals surface area contributed by atoms with E-state index in [0.717, 1.165) is 5.56 Å². The lowest BCUT2D eigenvalue weighted by molar-refractivity contribution is -0.138. The van der Waals surface area contributed by atoms with E-state index < -0.39 is 12.0 Å². The SMILES string of the molecule is N[C@H](Cc1ccc(NC(=O)c2ccccc2)cc1)C(=O)O. The van der Waals surface area contributed by atoms with Gasteiger partial charge in [-0.1, -0.05) is 30.3 Å². The number of carboxylic acids is 1. The molecule has 4 N–H and O–H groups in total. The highest BCUT2D eigenvalue weighted by Crippen LogP contribution is 2.12. The van der Waals surface area contributed by atoms with Gasteiger partial charge in [0.15, 0.2) is 0 Å². The van der Waals surface area contributed by atoms with Crippen molar-refractivity contribution in [1.29, 1.82) is 0 Å². The Morgan fingerprint density at radius 1 is 1.05 bits per heavy atom. The van der Waals surface area contributed by atoms with Crippen LogP contribution in [0.2, 0.25) is 0 Å². The Balaban J connectivity index is 2.00. The van der Waals surface area contributed by atoms with Crippen LogP contribution < -0.4 is 11.1 Å². The lowest BCUT2D eigenvalue weighted by Gasteiger charge is -2.08. The number of amides is 1. The maximum absolute atomic E-state index is 12.0. The van der Waals surface area contributed by atoms with Crippen molar-refractivity contribution in [2.75, 3.05) is 5.32 Å². The molecule has 5 nitrogen and oxygen atoms in total. The van der Waals surface area contributed by atoms with E-state index in [2.05, 4.69) is 5.32 Å². The number of carbonyl (C=O) groups is 2. The van der Waals surface area contributed by atoms with Crippen molar-refractivity contribution < 1.29 is 14.7 Å². The number of hydrogen-bond acceptors (Lipinski definition) is 3. The second kappa shape index (κ2) is 6.67. The molecular weight excluding hydrogens is 268 g/mol. The number of nitrogens with two attached hydrogens (primary N) is 1. The highest BCUT2D eigenvalue weighted by molar-refractivity contribution is 6.04. The summed E-state index contributed by atoms with van der Waals surface area (Å²) in [6.45, 7) is 0. The fourth-order valence-corrected chi connectivity index (χ4v) is 1.86. The summed E-state index contributed by atoms with van der Waals surface area (Å²) in [5.74, 6) is -1.22. The Morgan fingerprint density at radius 2 is 1.67 bits per heavy atom. The maximum Gasteiger partial charge on any atom is 0.320 e. The van der Waals surface area contributed by atoms with E-state index in [-0.39, 0.29) is 12.3 Å². The second-order valence-corrected chi connectivity index (χ2v) is 4.67. The first-order valence-corrected chi connectivity index (χ1v) is 6.50. The lowest BCUT2D eigenvalue weighted by atomic mass is 10.1. The number of carboxylic acid groups (broad SMARTS) is 1. The number of nitrogens with one attached hydrogen (secondary N) is 1. The van der Waals surface area contributed by atoms with Crippen LogP contribution in [-0.4, -0.2) is 23.0 Å². The van der Waals surface area contributed by atoms with Crippen molar-refractivity contribution in [2.45, 2.75) is 12.5 Å². The van der Waals surface area contributed by atoms with Crippen LogP contribution in [0.25, 0.3) is 0 Å². The first-order valence-electron chi connectivity index (χ1n) is 6.50. The molecule has 0 aromatic heterocycles. The minimum absolute atomic E-state index is 0.189. The van der Waals surface area contributed by atoms with Crippen molar-refractivity contribution in [3.05, 3.63) is 65.7 Å². The molecule has 2 aromatic carbocycles. The maximum atomic E-state index is 12.0. The molecule has 0 unspecified atom stereocenters. The Morgan fingerprint density at radius 3 is 2.24 bits per heavy atom. The standard InChI is InChI=1S/C16H16N2O3/c17-14(16(20)21)10-11-6-8-13(9-7-11)18-15(19)12-4-2-1-3-5-12/h1-9,14H,10,17H2,(H,18,19)(H,20,21)/t14-/m1/s1. The van der Waals surface area contributed by atoms with Crippen molar-refractivity contribution in [3.8, 4) is 0 Å². The molecule has 1 amide bonds. The predicted octanol–water partition coefficient (Wildman–Crippen LogP) is 1.89.